The molecular formula is C15H10O6. The van der Waals surface area contributed by atoms with Crippen LogP contribution in [-0.4, -0.2) is 21.1 Å². The van der Waals surface area contributed by atoms with Crippen LogP contribution in [0.4, 0.5) is 0 Å². The molecular weight excluding hydrogens is 276 g/mol. The average molecular weight is 286 g/mol. The third kappa shape index (κ3) is 2.11. The second-order valence-corrected chi connectivity index (χ2v) is 4.71. The van der Waals surface area contributed by atoms with Crippen molar-refractivity contribution in [1.82, 2.24) is 0 Å². The summed E-state index contributed by atoms with van der Waals surface area (Å²) in [5.41, 5.74) is -2.37. The number of carbonyl (C=O) groups is 1. The number of phenolic OH excluding ortho intramolecular Hbond substituents is 2. The summed E-state index contributed by atoms with van der Waals surface area (Å²) < 4.78 is 5.40. The van der Waals surface area contributed by atoms with Crippen molar-refractivity contribution in [3.8, 4) is 11.5 Å². The summed E-state index contributed by atoms with van der Waals surface area (Å²) in [5, 5.41) is 29.4. The van der Waals surface area contributed by atoms with E-state index in [2.05, 4.69) is 0 Å². The van der Waals surface area contributed by atoms with E-state index < -0.39 is 16.8 Å². The maximum absolute atomic E-state index is 12.1. The zero-order valence-electron chi connectivity index (χ0n) is 10.6. The number of phenols is 2. The van der Waals surface area contributed by atoms with Gasteiger partial charge in [-0.2, -0.15) is 0 Å². The Morgan fingerprint density at radius 1 is 1.00 bits per heavy atom. The van der Waals surface area contributed by atoms with E-state index in [1.54, 1.807) is 0 Å². The molecule has 0 saturated heterocycles. The summed E-state index contributed by atoms with van der Waals surface area (Å²) in [6, 6.07) is 3.21. The molecule has 3 rings (SSSR count). The van der Waals surface area contributed by atoms with E-state index >= 15 is 0 Å². The molecule has 0 amide bonds. The average Bonchev–Trinajstić information content (AvgIpc) is 2.41. The first-order chi connectivity index (χ1) is 9.89. The number of ketones is 1. The molecule has 0 bridgehead atoms. The van der Waals surface area contributed by atoms with Gasteiger partial charge in [-0.15, -0.1) is 0 Å². The molecule has 0 aliphatic heterocycles. The zero-order chi connectivity index (χ0) is 15.2. The van der Waals surface area contributed by atoms with Gasteiger partial charge >= 0.3 is 0 Å². The second kappa shape index (κ2) is 4.32. The van der Waals surface area contributed by atoms with E-state index in [9.17, 15) is 24.9 Å². The molecule has 0 radical (unpaired) electrons. The van der Waals surface area contributed by atoms with Crippen molar-refractivity contribution in [1.29, 1.82) is 0 Å². The summed E-state index contributed by atoms with van der Waals surface area (Å²) >= 11 is 0. The largest absolute Gasteiger partial charge is 0.508 e. The van der Waals surface area contributed by atoms with Crippen LogP contribution in [0, 0.1) is 0 Å². The first-order valence-electron chi connectivity index (χ1n) is 6.04. The molecule has 0 spiro atoms. The molecule has 0 atom stereocenters. The fraction of sp³-hybridized carbons (Fsp3) is 0.0667. The monoisotopic (exact) mass is 286 g/mol. The molecule has 1 aromatic carbocycles. The lowest BCUT2D eigenvalue weighted by Crippen LogP contribution is -2.24. The van der Waals surface area contributed by atoms with Crippen LogP contribution in [-0.2, 0) is 10.4 Å². The van der Waals surface area contributed by atoms with Crippen LogP contribution < -0.4 is 5.43 Å². The molecule has 1 aliphatic rings. The fourth-order valence-electron chi connectivity index (χ4n) is 2.15. The molecule has 1 aromatic heterocycles. The number of rotatable bonds is 1. The number of fused-ring (bicyclic) bond motifs is 1. The highest BCUT2D eigenvalue weighted by Gasteiger charge is 2.30. The highest BCUT2D eigenvalue weighted by molar-refractivity contribution is 6.00. The molecule has 21 heavy (non-hydrogen) atoms. The van der Waals surface area contributed by atoms with Gasteiger partial charge in [-0.3, -0.25) is 9.59 Å². The Labute approximate surface area is 117 Å². The number of aromatic hydroxyl groups is 2. The molecule has 6 heteroatoms. The highest BCUT2D eigenvalue weighted by atomic mass is 16.4. The predicted octanol–water partition coefficient (Wildman–Crippen LogP) is 1.09. The van der Waals surface area contributed by atoms with Crippen molar-refractivity contribution in [2.75, 3.05) is 0 Å². The summed E-state index contributed by atoms with van der Waals surface area (Å²) in [5.74, 6) is -1.11. The highest BCUT2D eigenvalue weighted by Crippen LogP contribution is 2.32. The van der Waals surface area contributed by atoms with E-state index in [0.717, 1.165) is 30.4 Å². The van der Waals surface area contributed by atoms with Gasteiger partial charge in [0.05, 0.1) is 0 Å². The van der Waals surface area contributed by atoms with Crippen LogP contribution in [0.25, 0.3) is 11.0 Å². The molecule has 2 aromatic rings. The molecule has 106 valence electrons. The maximum Gasteiger partial charge on any atom is 0.196 e. The molecule has 1 aliphatic carbocycles. The zero-order valence-corrected chi connectivity index (χ0v) is 10.6. The minimum Gasteiger partial charge on any atom is -0.508 e. The summed E-state index contributed by atoms with van der Waals surface area (Å²) in [4.78, 5) is 23.2. The smallest absolute Gasteiger partial charge is 0.196 e. The van der Waals surface area contributed by atoms with E-state index in [-0.39, 0.29) is 28.3 Å². The number of aliphatic hydroxyl groups is 1. The van der Waals surface area contributed by atoms with E-state index in [4.69, 9.17) is 4.42 Å². The Morgan fingerprint density at radius 2 is 1.67 bits per heavy atom. The lowest BCUT2D eigenvalue weighted by molar-refractivity contribution is -0.110. The van der Waals surface area contributed by atoms with Gasteiger partial charge in [0, 0.05) is 18.2 Å². The Morgan fingerprint density at radius 3 is 2.33 bits per heavy atom. The normalized spacial score (nSPS) is 16.5. The number of hydrogen-bond donors (Lipinski definition) is 3. The summed E-state index contributed by atoms with van der Waals surface area (Å²) in [6.07, 6.45) is 4.71. The number of carbonyl (C=O) groups excluding carboxylic acids is 1. The summed E-state index contributed by atoms with van der Waals surface area (Å²) in [6.45, 7) is 0. The molecule has 3 N–H and O–H groups in total. The van der Waals surface area contributed by atoms with Gasteiger partial charge in [-0.1, -0.05) is 0 Å². The van der Waals surface area contributed by atoms with E-state index in [1.165, 1.54) is 12.2 Å². The molecule has 0 unspecified atom stereocenters. The topological polar surface area (TPSA) is 108 Å². The lowest BCUT2D eigenvalue weighted by atomic mass is 9.94. The van der Waals surface area contributed by atoms with Crippen LogP contribution in [0.3, 0.4) is 0 Å². The SMILES string of the molecule is O=C1C=CC(O)(c2cc(=O)c3c(O)cc(O)cc3o2)C=C1. The van der Waals surface area contributed by atoms with Gasteiger partial charge in [0.1, 0.15) is 28.2 Å². The van der Waals surface area contributed by atoms with Crippen molar-refractivity contribution in [3.63, 3.8) is 0 Å². The predicted molar refractivity (Wildman–Crippen MR) is 73.0 cm³/mol. The van der Waals surface area contributed by atoms with Crippen molar-refractivity contribution < 1.29 is 24.5 Å². The van der Waals surface area contributed by atoms with E-state index in [1.807, 2.05) is 0 Å². The lowest BCUT2D eigenvalue weighted by Gasteiger charge is -2.21. The maximum atomic E-state index is 12.1. The second-order valence-electron chi connectivity index (χ2n) is 4.71. The van der Waals surface area contributed by atoms with Gasteiger partial charge in [0.25, 0.3) is 0 Å². The van der Waals surface area contributed by atoms with Gasteiger partial charge in [0.15, 0.2) is 16.8 Å². The third-order valence-corrected chi connectivity index (χ3v) is 3.19. The number of hydrogen-bond acceptors (Lipinski definition) is 6. The minimum atomic E-state index is -1.73. The van der Waals surface area contributed by atoms with Crippen molar-refractivity contribution in [2.45, 2.75) is 5.60 Å². The standard InChI is InChI=1S/C15H10O6/c16-8-1-3-15(20,4-2-8)13-7-11(19)14-10(18)5-9(17)6-12(14)21-13/h1-7,17-18,20H. The van der Waals surface area contributed by atoms with Gasteiger partial charge < -0.3 is 19.7 Å². The quantitative estimate of drug-likeness (QED) is 0.724. The summed E-state index contributed by atoms with van der Waals surface area (Å²) in [7, 11) is 0. The van der Waals surface area contributed by atoms with Crippen LogP contribution in [0.2, 0.25) is 0 Å². The van der Waals surface area contributed by atoms with Crippen LogP contribution >= 0.6 is 0 Å². The third-order valence-electron chi connectivity index (χ3n) is 3.19. The fourth-order valence-corrected chi connectivity index (χ4v) is 2.15. The van der Waals surface area contributed by atoms with E-state index in [0.29, 0.717) is 0 Å². The molecule has 6 nitrogen and oxygen atoms in total. The van der Waals surface area contributed by atoms with Crippen LogP contribution in [0.1, 0.15) is 5.76 Å². The Hall–Kier alpha value is -2.86. The van der Waals surface area contributed by atoms with Crippen molar-refractivity contribution in [3.05, 3.63) is 58.5 Å². The van der Waals surface area contributed by atoms with Crippen LogP contribution in [0.5, 0.6) is 11.5 Å². The first kappa shape index (κ1) is 13.1. The minimum absolute atomic E-state index is 0.0675. The molecule has 1 heterocycles. The first-order valence-corrected chi connectivity index (χ1v) is 6.04. The van der Waals surface area contributed by atoms with Crippen molar-refractivity contribution >= 4 is 16.8 Å². The Kier molecular flexibility index (Phi) is 2.70. The van der Waals surface area contributed by atoms with Crippen LogP contribution in [0.15, 0.2) is 51.7 Å². The van der Waals surface area contributed by atoms with Crippen molar-refractivity contribution in [2.24, 2.45) is 0 Å². The molecule has 0 fully saturated rings. The number of benzene rings is 1. The Bertz CT molecular complexity index is 856. The van der Waals surface area contributed by atoms with Gasteiger partial charge in [0.2, 0.25) is 0 Å². The Balaban J connectivity index is 2.27. The van der Waals surface area contributed by atoms with Gasteiger partial charge in [-0.25, -0.2) is 0 Å². The number of allylic oxidation sites excluding steroid dienone is 2. The molecule has 0 saturated carbocycles. The van der Waals surface area contributed by atoms with Gasteiger partial charge in [-0.05, 0) is 24.3 Å².